The van der Waals surface area contributed by atoms with Crippen molar-refractivity contribution in [1.82, 2.24) is 4.72 Å². The van der Waals surface area contributed by atoms with Crippen molar-refractivity contribution < 1.29 is 13.2 Å². The Bertz CT molecular complexity index is 585. The average Bonchev–Trinajstić information content (AvgIpc) is 2.76. The van der Waals surface area contributed by atoms with Gasteiger partial charge in [-0.2, -0.15) is 0 Å². The Labute approximate surface area is 127 Å². The van der Waals surface area contributed by atoms with Gasteiger partial charge in [0.15, 0.2) is 0 Å². The maximum Gasteiger partial charge on any atom is 0.240 e. The molecule has 0 spiro atoms. The first-order chi connectivity index (χ1) is 9.88. The van der Waals surface area contributed by atoms with Crippen molar-refractivity contribution in [3.63, 3.8) is 0 Å². The molecule has 0 amide bonds. The Hall–Kier alpha value is -1.11. The lowest BCUT2D eigenvalue weighted by atomic mass is 10.1. The van der Waals surface area contributed by atoms with E-state index < -0.39 is 10.0 Å². The van der Waals surface area contributed by atoms with E-state index in [1.807, 2.05) is 19.9 Å². The summed E-state index contributed by atoms with van der Waals surface area (Å²) < 4.78 is 32.5. The third-order valence-electron chi connectivity index (χ3n) is 3.38. The fourth-order valence-electron chi connectivity index (χ4n) is 2.37. The number of nitrogens with one attached hydrogen (secondary N) is 2. The minimum atomic E-state index is -3.43. The van der Waals surface area contributed by atoms with E-state index in [1.54, 1.807) is 12.1 Å². The lowest BCUT2D eigenvalue weighted by molar-refractivity contribution is 0.0778. The molecule has 0 aliphatic carbocycles. The van der Waals surface area contributed by atoms with Gasteiger partial charge in [0, 0.05) is 24.9 Å². The summed E-state index contributed by atoms with van der Waals surface area (Å²) in [5.74, 6) is 0. The van der Waals surface area contributed by atoms with E-state index in [1.165, 1.54) is 0 Å². The van der Waals surface area contributed by atoms with Crippen LogP contribution in [0.1, 0.15) is 32.8 Å². The van der Waals surface area contributed by atoms with Gasteiger partial charge in [-0.3, -0.25) is 0 Å². The van der Waals surface area contributed by atoms with Crippen LogP contribution in [0, 0.1) is 0 Å². The van der Waals surface area contributed by atoms with E-state index >= 15 is 0 Å². The summed E-state index contributed by atoms with van der Waals surface area (Å²) >= 11 is 0. The molecule has 0 fully saturated rings. The van der Waals surface area contributed by atoms with Gasteiger partial charge in [0.25, 0.3) is 0 Å². The third-order valence-corrected chi connectivity index (χ3v) is 4.84. The van der Waals surface area contributed by atoms with Crippen LogP contribution >= 0.6 is 0 Å². The molecule has 0 saturated heterocycles. The van der Waals surface area contributed by atoms with Crippen LogP contribution in [0.2, 0.25) is 0 Å². The predicted molar refractivity (Wildman–Crippen MR) is 84.1 cm³/mol. The molecule has 1 aromatic carbocycles. The van der Waals surface area contributed by atoms with Crippen LogP contribution in [0.4, 0.5) is 5.69 Å². The Morgan fingerprint density at radius 1 is 1.43 bits per heavy atom. The summed E-state index contributed by atoms with van der Waals surface area (Å²) in [7, 11) is -3.43. The third kappa shape index (κ3) is 4.43. The highest BCUT2D eigenvalue weighted by atomic mass is 32.2. The molecule has 2 N–H and O–H groups in total. The normalized spacial score (nSPS) is 17.8. The average molecular weight is 312 g/mol. The van der Waals surface area contributed by atoms with Crippen molar-refractivity contribution >= 4 is 15.7 Å². The van der Waals surface area contributed by atoms with Crippen molar-refractivity contribution in [2.75, 3.05) is 18.5 Å². The minimum Gasteiger partial charge on any atom is -0.382 e. The van der Waals surface area contributed by atoms with Gasteiger partial charge >= 0.3 is 0 Å². The topological polar surface area (TPSA) is 67.4 Å². The number of rotatable bonds is 7. The number of ether oxygens (including phenoxy) is 1. The summed E-state index contributed by atoms with van der Waals surface area (Å²) in [4.78, 5) is 0.335. The molecule has 1 heterocycles. The molecule has 1 aliphatic rings. The first-order valence-corrected chi connectivity index (χ1v) is 8.87. The number of anilines is 1. The van der Waals surface area contributed by atoms with E-state index in [9.17, 15) is 8.42 Å². The van der Waals surface area contributed by atoms with Gasteiger partial charge in [-0.05, 0) is 57.4 Å². The van der Waals surface area contributed by atoms with E-state index in [-0.39, 0.29) is 6.10 Å². The van der Waals surface area contributed by atoms with Crippen molar-refractivity contribution in [2.45, 2.75) is 50.7 Å². The molecule has 0 radical (unpaired) electrons. The monoisotopic (exact) mass is 312 g/mol. The largest absolute Gasteiger partial charge is 0.382 e. The quantitative estimate of drug-likeness (QED) is 0.757. The number of hydrogen-bond donors (Lipinski definition) is 2. The molecule has 5 nitrogen and oxygen atoms in total. The maximum absolute atomic E-state index is 12.2. The summed E-state index contributed by atoms with van der Waals surface area (Å²) in [6, 6.07) is 5.62. The van der Waals surface area contributed by atoms with Crippen molar-refractivity contribution in [3.8, 4) is 0 Å². The van der Waals surface area contributed by atoms with Crippen LogP contribution in [0.5, 0.6) is 0 Å². The molecule has 2 rings (SSSR count). The summed E-state index contributed by atoms with van der Waals surface area (Å²) in [6.45, 7) is 6.96. The Morgan fingerprint density at radius 2 is 2.19 bits per heavy atom. The van der Waals surface area contributed by atoms with Crippen LogP contribution in [0.25, 0.3) is 0 Å². The van der Waals surface area contributed by atoms with Crippen molar-refractivity contribution in [3.05, 3.63) is 23.8 Å². The van der Waals surface area contributed by atoms with Crippen molar-refractivity contribution in [1.29, 1.82) is 0 Å². The van der Waals surface area contributed by atoms with Gasteiger partial charge in [-0.25, -0.2) is 13.1 Å². The molecule has 1 aliphatic heterocycles. The molecule has 0 bridgehead atoms. The number of fused-ring (bicyclic) bond motifs is 1. The van der Waals surface area contributed by atoms with Gasteiger partial charge in [-0.15, -0.1) is 0 Å². The first-order valence-electron chi connectivity index (χ1n) is 7.39. The summed E-state index contributed by atoms with van der Waals surface area (Å²) in [6.07, 6.45) is 1.70. The zero-order valence-corrected chi connectivity index (χ0v) is 13.7. The van der Waals surface area contributed by atoms with Crippen LogP contribution < -0.4 is 10.0 Å². The highest BCUT2D eigenvalue weighted by molar-refractivity contribution is 7.89. The molecule has 1 aromatic rings. The number of hydrogen-bond acceptors (Lipinski definition) is 4. The first kappa shape index (κ1) is 16.3. The highest BCUT2D eigenvalue weighted by Crippen LogP contribution is 2.27. The molecular weight excluding hydrogens is 288 g/mol. The fourth-order valence-corrected chi connectivity index (χ4v) is 3.50. The predicted octanol–water partition coefficient (Wildman–Crippen LogP) is 2.14. The molecular formula is C15H24N2O3S. The van der Waals surface area contributed by atoms with Crippen LogP contribution in [0.15, 0.2) is 23.1 Å². The molecule has 0 saturated carbocycles. The molecule has 21 heavy (non-hydrogen) atoms. The van der Waals surface area contributed by atoms with Crippen molar-refractivity contribution in [2.24, 2.45) is 0 Å². The molecule has 118 valence electrons. The van der Waals surface area contributed by atoms with Gasteiger partial charge in [-0.1, -0.05) is 0 Å². The smallest absolute Gasteiger partial charge is 0.240 e. The Kier molecular flexibility index (Phi) is 5.24. The molecule has 1 atom stereocenters. The van der Waals surface area contributed by atoms with E-state index in [4.69, 9.17) is 4.74 Å². The lowest BCUT2D eigenvalue weighted by Gasteiger charge is -2.10. The second kappa shape index (κ2) is 6.77. The number of benzene rings is 1. The SMILES string of the molecule is CC(C)OCCCNS(=O)(=O)c1ccc2c(c1)C[C@H](C)N2. The summed E-state index contributed by atoms with van der Waals surface area (Å²) in [5.41, 5.74) is 2.10. The zero-order chi connectivity index (χ0) is 15.5. The van der Waals surface area contributed by atoms with Gasteiger partial charge in [0.2, 0.25) is 10.0 Å². The van der Waals surface area contributed by atoms with Gasteiger partial charge in [0.05, 0.1) is 11.0 Å². The highest BCUT2D eigenvalue weighted by Gasteiger charge is 2.20. The molecule has 0 unspecified atom stereocenters. The van der Waals surface area contributed by atoms with Crippen LogP contribution in [-0.2, 0) is 21.2 Å². The van der Waals surface area contributed by atoms with E-state index in [2.05, 4.69) is 17.0 Å². The summed E-state index contributed by atoms with van der Waals surface area (Å²) in [5, 5.41) is 3.31. The van der Waals surface area contributed by atoms with Crippen LogP contribution in [-0.4, -0.2) is 33.7 Å². The van der Waals surface area contributed by atoms with Gasteiger partial charge in [0.1, 0.15) is 0 Å². The second-order valence-corrected chi connectivity index (χ2v) is 7.51. The maximum atomic E-state index is 12.2. The Morgan fingerprint density at radius 3 is 2.90 bits per heavy atom. The Balaban J connectivity index is 1.93. The zero-order valence-electron chi connectivity index (χ0n) is 12.8. The molecule has 6 heteroatoms. The standard InChI is InChI=1S/C15H24N2O3S/c1-11(2)20-8-4-7-16-21(18,19)14-5-6-15-13(10-14)9-12(3)17-15/h5-6,10-12,16-17H,4,7-9H2,1-3H3/t12-/m0/s1. The molecule has 0 aromatic heterocycles. The second-order valence-electron chi connectivity index (χ2n) is 5.74. The fraction of sp³-hybridized carbons (Fsp3) is 0.600. The van der Waals surface area contributed by atoms with Crippen LogP contribution in [0.3, 0.4) is 0 Å². The van der Waals surface area contributed by atoms with Gasteiger partial charge < -0.3 is 10.1 Å². The lowest BCUT2D eigenvalue weighted by Crippen LogP contribution is -2.26. The minimum absolute atomic E-state index is 0.174. The number of sulfonamides is 1. The van der Waals surface area contributed by atoms with E-state index in [0.717, 1.165) is 17.7 Å². The van der Waals surface area contributed by atoms with E-state index in [0.29, 0.717) is 30.5 Å².